The summed E-state index contributed by atoms with van der Waals surface area (Å²) in [5.41, 5.74) is 3.01. The summed E-state index contributed by atoms with van der Waals surface area (Å²) >= 11 is 0. The van der Waals surface area contributed by atoms with Crippen LogP contribution in [0.3, 0.4) is 0 Å². The zero-order chi connectivity index (χ0) is 12.8. The Morgan fingerprint density at radius 1 is 1.11 bits per heavy atom. The van der Waals surface area contributed by atoms with Gasteiger partial charge in [-0.3, -0.25) is 0 Å². The minimum absolute atomic E-state index is 0.485. The summed E-state index contributed by atoms with van der Waals surface area (Å²) in [6.45, 7) is 0.681. The maximum atomic E-state index is 9.12. The molecule has 18 heavy (non-hydrogen) atoms. The van der Waals surface area contributed by atoms with Crippen molar-refractivity contribution in [3.05, 3.63) is 58.8 Å². The first-order valence-corrected chi connectivity index (χ1v) is 5.87. The molecular weight excluding hydrogens is 222 g/mol. The van der Waals surface area contributed by atoms with Crippen LogP contribution >= 0.6 is 0 Å². The molecule has 0 atom stereocenters. The number of rotatable bonds is 3. The van der Waals surface area contributed by atoms with Gasteiger partial charge in [-0.1, -0.05) is 36.4 Å². The minimum atomic E-state index is 0.485. The van der Waals surface area contributed by atoms with Crippen molar-refractivity contribution in [2.75, 3.05) is 0 Å². The largest absolute Gasteiger partial charge is 0.383 e. The van der Waals surface area contributed by atoms with Crippen LogP contribution in [0.4, 0.5) is 0 Å². The summed E-state index contributed by atoms with van der Waals surface area (Å²) in [5.74, 6) is 0. The average molecular weight is 235 g/mol. The predicted octanol–water partition coefficient (Wildman–Crippen LogP) is 2.80. The van der Waals surface area contributed by atoms with Crippen molar-refractivity contribution in [1.82, 2.24) is 5.32 Å². The van der Waals surface area contributed by atoms with Crippen molar-refractivity contribution in [2.45, 2.75) is 19.4 Å². The number of hydrogen-bond donors (Lipinski definition) is 1. The van der Waals surface area contributed by atoms with Gasteiger partial charge in [0.2, 0.25) is 0 Å². The maximum absolute atomic E-state index is 9.12. The maximum Gasteiger partial charge on any atom is 0.102 e. The monoisotopic (exact) mass is 235 g/mol. The van der Waals surface area contributed by atoms with Crippen LogP contribution in [-0.2, 0) is 6.54 Å². The zero-order valence-electron chi connectivity index (χ0n) is 9.98. The third-order valence-electron chi connectivity index (χ3n) is 2.89. The quantitative estimate of drug-likeness (QED) is 0.876. The summed E-state index contributed by atoms with van der Waals surface area (Å²) in [6.07, 6.45) is 3.43. The fourth-order valence-electron chi connectivity index (χ4n) is 1.96. The Kier molecular flexibility index (Phi) is 3.79. The molecule has 1 aromatic rings. The van der Waals surface area contributed by atoms with E-state index in [1.807, 2.05) is 36.4 Å². The average Bonchev–Trinajstić information content (AvgIpc) is 2.45. The third kappa shape index (κ3) is 2.59. The van der Waals surface area contributed by atoms with Gasteiger partial charge in [-0.05, 0) is 18.4 Å². The molecule has 88 valence electrons. The molecule has 3 nitrogen and oxygen atoms in total. The third-order valence-corrected chi connectivity index (χ3v) is 2.89. The lowest BCUT2D eigenvalue weighted by atomic mass is 9.96. The molecule has 1 aliphatic carbocycles. The summed E-state index contributed by atoms with van der Waals surface area (Å²) in [7, 11) is 0. The summed E-state index contributed by atoms with van der Waals surface area (Å²) < 4.78 is 0. The molecule has 0 radical (unpaired) electrons. The molecule has 0 amide bonds. The van der Waals surface area contributed by atoms with Crippen LogP contribution in [0.5, 0.6) is 0 Å². The van der Waals surface area contributed by atoms with Gasteiger partial charge in [-0.15, -0.1) is 0 Å². The normalized spacial score (nSPS) is 14.4. The Labute approximate surface area is 107 Å². The Balaban J connectivity index is 2.14. The van der Waals surface area contributed by atoms with E-state index < -0.39 is 0 Å². The molecular formula is C15H13N3. The number of nitrogens with one attached hydrogen (secondary N) is 1. The van der Waals surface area contributed by atoms with Gasteiger partial charge in [0, 0.05) is 12.2 Å². The number of benzene rings is 1. The lowest BCUT2D eigenvalue weighted by Crippen LogP contribution is -2.17. The number of hydrogen-bond acceptors (Lipinski definition) is 3. The highest BCUT2D eigenvalue weighted by Crippen LogP contribution is 2.22. The van der Waals surface area contributed by atoms with Gasteiger partial charge in [0.1, 0.15) is 12.1 Å². The molecule has 2 rings (SSSR count). The Morgan fingerprint density at radius 2 is 1.89 bits per heavy atom. The van der Waals surface area contributed by atoms with E-state index in [9.17, 15) is 0 Å². The van der Waals surface area contributed by atoms with Crippen LogP contribution in [0.15, 0.2) is 53.3 Å². The molecule has 0 unspecified atom stereocenters. The first-order valence-electron chi connectivity index (χ1n) is 5.87. The smallest absolute Gasteiger partial charge is 0.102 e. The highest BCUT2D eigenvalue weighted by Gasteiger charge is 2.15. The molecule has 0 saturated heterocycles. The van der Waals surface area contributed by atoms with Gasteiger partial charge in [-0.2, -0.15) is 10.5 Å². The van der Waals surface area contributed by atoms with Gasteiger partial charge < -0.3 is 5.32 Å². The van der Waals surface area contributed by atoms with Crippen LogP contribution in [0.2, 0.25) is 0 Å². The van der Waals surface area contributed by atoms with Crippen molar-refractivity contribution >= 4 is 0 Å². The molecule has 0 fully saturated rings. The molecule has 0 aliphatic heterocycles. The van der Waals surface area contributed by atoms with E-state index in [4.69, 9.17) is 10.5 Å². The van der Waals surface area contributed by atoms with Gasteiger partial charge >= 0.3 is 0 Å². The van der Waals surface area contributed by atoms with Crippen molar-refractivity contribution < 1.29 is 0 Å². The molecule has 0 spiro atoms. The SMILES string of the molecule is N#CC1=CCCC(NCc2ccccc2)=C1C#N. The zero-order valence-corrected chi connectivity index (χ0v) is 9.98. The minimum Gasteiger partial charge on any atom is -0.383 e. The van der Waals surface area contributed by atoms with E-state index in [1.165, 1.54) is 0 Å². The number of allylic oxidation sites excluding steroid dienone is 4. The fraction of sp³-hybridized carbons (Fsp3) is 0.200. The Hall–Kier alpha value is -2.52. The van der Waals surface area contributed by atoms with Crippen LogP contribution in [0, 0.1) is 22.7 Å². The highest BCUT2D eigenvalue weighted by atomic mass is 14.9. The number of nitrogens with zero attached hydrogens (tertiary/aromatic N) is 2. The number of nitriles is 2. The summed E-state index contributed by atoms with van der Waals surface area (Å²) in [6, 6.07) is 14.2. The van der Waals surface area contributed by atoms with Gasteiger partial charge in [-0.25, -0.2) is 0 Å². The highest BCUT2D eigenvalue weighted by molar-refractivity contribution is 5.54. The van der Waals surface area contributed by atoms with Gasteiger partial charge in [0.25, 0.3) is 0 Å². The van der Waals surface area contributed by atoms with E-state index in [0.717, 1.165) is 24.1 Å². The first kappa shape index (κ1) is 12.0. The van der Waals surface area contributed by atoms with Crippen molar-refractivity contribution in [3.8, 4) is 12.1 Å². The molecule has 0 bridgehead atoms. The van der Waals surface area contributed by atoms with Crippen molar-refractivity contribution in [2.24, 2.45) is 0 Å². The van der Waals surface area contributed by atoms with Crippen LogP contribution < -0.4 is 5.32 Å². The second kappa shape index (κ2) is 5.70. The summed E-state index contributed by atoms with van der Waals surface area (Å²) in [5, 5.41) is 21.4. The van der Waals surface area contributed by atoms with Crippen LogP contribution in [0.1, 0.15) is 18.4 Å². The lowest BCUT2D eigenvalue weighted by molar-refractivity contribution is 0.737. The first-order chi connectivity index (χ1) is 8.85. The van der Waals surface area contributed by atoms with Gasteiger partial charge in [0.05, 0.1) is 11.1 Å². The molecule has 1 aliphatic rings. The van der Waals surface area contributed by atoms with Crippen molar-refractivity contribution in [3.63, 3.8) is 0 Å². The summed E-state index contributed by atoms with van der Waals surface area (Å²) in [4.78, 5) is 0. The lowest BCUT2D eigenvalue weighted by Gasteiger charge is -2.16. The van der Waals surface area contributed by atoms with Crippen molar-refractivity contribution in [1.29, 1.82) is 10.5 Å². The molecule has 0 heterocycles. The molecule has 0 aromatic heterocycles. The van der Waals surface area contributed by atoms with E-state index in [1.54, 1.807) is 0 Å². The standard InChI is InChI=1S/C15H13N3/c16-9-13-7-4-8-15(14(13)10-17)18-11-12-5-2-1-3-6-12/h1-3,5-7,18H,4,8,11H2. The molecule has 1 N–H and O–H groups in total. The van der Waals surface area contributed by atoms with Crippen LogP contribution in [-0.4, -0.2) is 0 Å². The van der Waals surface area contributed by atoms with E-state index in [0.29, 0.717) is 17.7 Å². The predicted molar refractivity (Wildman–Crippen MR) is 68.9 cm³/mol. The second-order valence-corrected chi connectivity index (χ2v) is 4.07. The van der Waals surface area contributed by atoms with Crippen LogP contribution in [0.25, 0.3) is 0 Å². The topological polar surface area (TPSA) is 59.6 Å². The molecule has 3 heteroatoms. The van der Waals surface area contributed by atoms with E-state index in [-0.39, 0.29) is 0 Å². The van der Waals surface area contributed by atoms with E-state index >= 15 is 0 Å². The molecule has 0 saturated carbocycles. The molecule has 1 aromatic carbocycles. The second-order valence-electron chi connectivity index (χ2n) is 4.07. The van der Waals surface area contributed by atoms with Gasteiger partial charge in [0.15, 0.2) is 0 Å². The fourth-order valence-corrected chi connectivity index (χ4v) is 1.96. The van der Waals surface area contributed by atoms with E-state index in [2.05, 4.69) is 17.5 Å². The Morgan fingerprint density at radius 3 is 2.56 bits per heavy atom. The Bertz CT molecular complexity index is 568.